The molecule has 1 saturated heterocycles. The van der Waals surface area contributed by atoms with Crippen LogP contribution in [0.3, 0.4) is 0 Å². The number of nitrogens with one attached hydrogen (secondary N) is 2. The molecule has 1 unspecified atom stereocenters. The van der Waals surface area contributed by atoms with Gasteiger partial charge in [-0.2, -0.15) is 4.98 Å². The monoisotopic (exact) mass is 583 g/mol. The number of hydrogen-bond donors (Lipinski definition) is 2. The predicted molar refractivity (Wildman–Crippen MR) is 161 cm³/mol. The molecule has 0 saturated carbocycles. The largest absolute Gasteiger partial charge is 0.492 e. The molecule has 1 aliphatic rings. The number of carbonyl (C=O) groups excluding carboxylic acids is 2. The number of amides is 2. The first kappa shape index (κ1) is 29.9. The van der Waals surface area contributed by atoms with Gasteiger partial charge in [-0.3, -0.25) is 14.5 Å². The summed E-state index contributed by atoms with van der Waals surface area (Å²) >= 11 is 0. The summed E-state index contributed by atoms with van der Waals surface area (Å²) in [5.74, 6) is 0.454. The zero-order valence-corrected chi connectivity index (χ0v) is 24.1. The summed E-state index contributed by atoms with van der Waals surface area (Å²) in [6.07, 6.45) is 0.624. The average molecular weight is 584 g/mol. The van der Waals surface area contributed by atoms with E-state index in [1.54, 1.807) is 0 Å². The number of benzene rings is 3. The number of rotatable bonds is 14. The van der Waals surface area contributed by atoms with Crippen LogP contribution in [0.4, 0.5) is 0 Å². The number of nitrogens with zero attached hydrogens (tertiary/aromatic N) is 3. The number of para-hydroxylation sites is 1. The van der Waals surface area contributed by atoms with Gasteiger partial charge in [-0.1, -0.05) is 84.0 Å². The summed E-state index contributed by atoms with van der Waals surface area (Å²) in [5.41, 5.74) is 2.16. The van der Waals surface area contributed by atoms with Crippen LogP contribution in [0.2, 0.25) is 0 Å². The first-order valence-electron chi connectivity index (χ1n) is 14.6. The molecular formula is C33H37N5O5. The van der Waals surface area contributed by atoms with Gasteiger partial charge in [-0.05, 0) is 23.3 Å². The summed E-state index contributed by atoms with van der Waals surface area (Å²) in [6.45, 7) is 3.88. The first-order valence-corrected chi connectivity index (χ1v) is 14.6. The van der Waals surface area contributed by atoms with Crippen molar-refractivity contribution < 1.29 is 23.6 Å². The highest BCUT2D eigenvalue weighted by Gasteiger charge is 2.24. The van der Waals surface area contributed by atoms with Crippen LogP contribution in [0, 0.1) is 0 Å². The fourth-order valence-corrected chi connectivity index (χ4v) is 5.05. The van der Waals surface area contributed by atoms with Gasteiger partial charge in [0, 0.05) is 44.9 Å². The van der Waals surface area contributed by atoms with Crippen molar-refractivity contribution in [3.05, 3.63) is 114 Å². The summed E-state index contributed by atoms with van der Waals surface area (Å²) in [7, 11) is 0. The Bertz CT molecular complexity index is 1370. The SMILES string of the molecule is O=C(CC(c1ccccc1)c1ccccc1)NCCc1nc(C(=O)NCC(COc2ccccc2)N2CCOCC2)no1. The van der Waals surface area contributed by atoms with E-state index in [0.29, 0.717) is 45.8 Å². The molecule has 3 aromatic carbocycles. The topological polar surface area (TPSA) is 119 Å². The Morgan fingerprint density at radius 3 is 2.14 bits per heavy atom. The minimum atomic E-state index is -0.425. The van der Waals surface area contributed by atoms with Gasteiger partial charge in [0.05, 0.1) is 19.3 Å². The maximum absolute atomic E-state index is 12.9. The second-order valence-electron chi connectivity index (χ2n) is 10.3. The van der Waals surface area contributed by atoms with E-state index < -0.39 is 5.91 Å². The highest BCUT2D eigenvalue weighted by atomic mass is 16.5. The number of morpholine rings is 1. The molecule has 5 rings (SSSR count). The first-order chi connectivity index (χ1) is 21.2. The molecule has 1 aromatic heterocycles. The van der Waals surface area contributed by atoms with E-state index >= 15 is 0 Å². The fraction of sp³-hybridized carbons (Fsp3) is 0.333. The molecule has 0 aliphatic carbocycles. The Morgan fingerprint density at radius 1 is 0.860 bits per heavy atom. The zero-order chi connectivity index (χ0) is 29.7. The Morgan fingerprint density at radius 2 is 1.49 bits per heavy atom. The van der Waals surface area contributed by atoms with Gasteiger partial charge < -0.3 is 24.6 Å². The summed E-state index contributed by atoms with van der Waals surface area (Å²) in [4.78, 5) is 32.2. The molecule has 10 heteroatoms. The summed E-state index contributed by atoms with van der Waals surface area (Å²) in [6, 6.07) is 29.5. The number of ether oxygens (including phenoxy) is 2. The van der Waals surface area contributed by atoms with Gasteiger partial charge in [-0.15, -0.1) is 0 Å². The lowest BCUT2D eigenvalue weighted by Gasteiger charge is -2.34. The molecule has 1 atom stereocenters. The van der Waals surface area contributed by atoms with Crippen LogP contribution in [0.15, 0.2) is 95.5 Å². The van der Waals surface area contributed by atoms with Crippen LogP contribution in [-0.2, 0) is 16.0 Å². The van der Waals surface area contributed by atoms with Crippen molar-refractivity contribution in [3.63, 3.8) is 0 Å². The van der Waals surface area contributed by atoms with Crippen LogP contribution >= 0.6 is 0 Å². The summed E-state index contributed by atoms with van der Waals surface area (Å²) in [5, 5.41) is 9.71. The van der Waals surface area contributed by atoms with Crippen molar-refractivity contribution in [2.24, 2.45) is 0 Å². The van der Waals surface area contributed by atoms with Crippen molar-refractivity contribution in [3.8, 4) is 5.75 Å². The lowest BCUT2D eigenvalue weighted by atomic mass is 9.88. The highest BCUT2D eigenvalue weighted by Crippen LogP contribution is 2.27. The molecule has 2 heterocycles. The van der Waals surface area contributed by atoms with Crippen molar-refractivity contribution in [2.75, 3.05) is 46.0 Å². The van der Waals surface area contributed by atoms with Crippen LogP contribution in [0.25, 0.3) is 0 Å². The van der Waals surface area contributed by atoms with Crippen LogP contribution in [0.1, 0.15) is 40.0 Å². The molecule has 2 N–H and O–H groups in total. The van der Waals surface area contributed by atoms with Crippen LogP contribution in [-0.4, -0.2) is 78.9 Å². The average Bonchev–Trinajstić information content (AvgIpc) is 3.54. The van der Waals surface area contributed by atoms with Gasteiger partial charge in [-0.25, -0.2) is 0 Å². The second kappa shape index (κ2) is 15.6. The van der Waals surface area contributed by atoms with E-state index in [9.17, 15) is 9.59 Å². The Labute approximate surface area is 251 Å². The Hall–Kier alpha value is -4.54. The standard InChI is InChI=1S/C33H37N5O5/c39-30(22-29(25-10-4-1-5-11-25)26-12-6-2-7-13-26)34-17-16-31-36-32(37-43-31)33(40)35-23-27(38-18-20-41-21-19-38)24-42-28-14-8-3-9-15-28/h1-15,27,29H,16-24H2,(H,34,39)(H,35,40). The molecule has 1 fully saturated rings. The van der Waals surface area contributed by atoms with Crippen LogP contribution < -0.4 is 15.4 Å². The normalized spacial score (nSPS) is 14.3. The third-order valence-electron chi connectivity index (χ3n) is 7.37. The van der Waals surface area contributed by atoms with Gasteiger partial charge in [0.25, 0.3) is 11.7 Å². The molecule has 224 valence electrons. The molecule has 2 amide bonds. The minimum absolute atomic E-state index is 0.0424. The second-order valence-corrected chi connectivity index (χ2v) is 10.3. The maximum atomic E-state index is 12.9. The van der Waals surface area contributed by atoms with E-state index in [1.807, 2.05) is 91.0 Å². The molecule has 0 radical (unpaired) electrons. The summed E-state index contributed by atoms with van der Waals surface area (Å²) < 4.78 is 16.8. The maximum Gasteiger partial charge on any atom is 0.292 e. The Balaban J connectivity index is 1.10. The molecular weight excluding hydrogens is 546 g/mol. The molecule has 10 nitrogen and oxygen atoms in total. The van der Waals surface area contributed by atoms with Crippen molar-refractivity contribution in [1.82, 2.24) is 25.7 Å². The van der Waals surface area contributed by atoms with E-state index in [0.717, 1.165) is 30.0 Å². The van der Waals surface area contributed by atoms with Gasteiger partial charge in [0.1, 0.15) is 12.4 Å². The van der Waals surface area contributed by atoms with Gasteiger partial charge in [0.15, 0.2) is 0 Å². The molecule has 4 aromatic rings. The number of carbonyl (C=O) groups is 2. The van der Waals surface area contributed by atoms with Crippen molar-refractivity contribution >= 4 is 11.8 Å². The molecule has 1 aliphatic heterocycles. The van der Waals surface area contributed by atoms with Crippen LogP contribution in [0.5, 0.6) is 5.75 Å². The van der Waals surface area contributed by atoms with E-state index in [-0.39, 0.29) is 29.6 Å². The van der Waals surface area contributed by atoms with Crippen molar-refractivity contribution in [2.45, 2.75) is 24.8 Å². The number of hydrogen-bond acceptors (Lipinski definition) is 8. The molecule has 43 heavy (non-hydrogen) atoms. The van der Waals surface area contributed by atoms with E-state index in [2.05, 4.69) is 25.7 Å². The lowest BCUT2D eigenvalue weighted by Crippen LogP contribution is -2.51. The smallest absolute Gasteiger partial charge is 0.292 e. The van der Waals surface area contributed by atoms with E-state index in [1.165, 1.54) is 0 Å². The lowest BCUT2D eigenvalue weighted by molar-refractivity contribution is -0.121. The highest BCUT2D eigenvalue weighted by molar-refractivity contribution is 5.90. The van der Waals surface area contributed by atoms with Gasteiger partial charge >= 0.3 is 0 Å². The third-order valence-corrected chi connectivity index (χ3v) is 7.37. The molecule has 0 spiro atoms. The minimum Gasteiger partial charge on any atom is -0.492 e. The number of aromatic nitrogens is 2. The van der Waals surface area contributed by atoms with Gasteiger partial charge in [0.2, 0.25) is 11.8 Å². The Kier molecular flexibility index (Phi) is 10.9. The zero-order valence-electron chi connectivity index (χ0n) is 24.1. The third kappa shape index (κ3) is 8.97. The molecule has 0 bridgehead atoms. The quantitative estimate of drug-likeness (QED) is 0.232. The predicted octanol–water partition coefficient (Wildman–Crippen LogP) is 3.46. The fourth-order valence-electron chi connectivity index (χ4n) is 5.05. The van der Waals surface area contributed by atoms with Crippen molar-refractivity contribution in [1.29, 1.82) is 0 Å². The van der Waals surface area contributed by atoms with E-state index in [4.69, 9.17) is 14.0 Å².